The minimum Gasteiger partial charge on any atom is -0.274 e. The van der Waals surface area contributed by atoms with Crippen molar-refractivity contribution in [1.29, 1.82) is 0 Å². The molecule has 0 aliphatic carbocycles. The summed E-state index contributed by atoms with van der Waals surface area (Å²) in [4.78, 5) is 39.3. The highest BCUT2D eigenvalue weighted by molar-refractivity contribution is 9.10. The summed E-state index contributed by atoms with van der Waals surface area (Å²) in [6.45, 7) is 1.22. The molecule has 2 aromatic rings. The van der Waals surface area contributed by atoms with Crippen LogP contribution in [0, 0.1) is 0 Å². The Hall–Kier alpha value is -2.15. The molecular weight excluding hydrogens is 443 g/mol. The second-order valence-electron chi connectivity index (χ2n) is 5.49. The fraction of sp³-hybridized carbons (Fsp3) is 0.0556. The van der Waals surface area contributed by atoms with Gasteiger partial charge in [-0.1, -0.05) is 51.3 Å². The first-order valence-electron chi connectivity index (χ1n) is 7.40. The Morgan fingerprint density at radius 1 is 1.04 bits per heavy atom. The Balaban J connectivity index is 2.10. The normalized spacial score (nSPS) is 15.9. The van der Waals surface area contributed by atoms with Crippen molar-refractivity contribution in [3.63, 3.8) is 0 Å². The molecule has 1 fully saturated rings. The van der Waals surface area contributed by atoms with Gasteiger partial charge in [0, 0.05) is 21.4 Å². The molecule has 0 unspecified atom stereocenters. The number of carbonyl (C=O) groups excluding carboxylic acids is 3. The average Bonchev–Trinajstić information content (AvgIpc) is 2.79. The Bertz CT molecular complexity index is 937. The highest BCUT2D eigenvalue weighted by Crippen LogP contribution is 2.32. The standard InChI is InChI=1S/C18H11BrCl2N2O3/c1-10(24)22-16(6-11-2-4-12(19)5-3-11)17(25)23(18(22)26)15-8-13(20)7-14(21)9-15/h2-9H,1H3/b16-6-. The summed E-state index contributed by atoms with van der Waals surface area (Å²) in [5, 5.41) is 0.542. The fourth-order valence-electron chi connectivity index (χ4n) is 2.54. The Kier molecular flexibility index (Phi) is 5.18. The number of amides is 4. The van der Waals surface area contributed by atoms with Crippen molar-refractivity contribution in [2.45, 2.75) is 6.92 Å². The number of imide groups is 2. The third kappa shape index (κ3) is 3.53. The zero-order valence-electron chi connectivity index (χ0n) is 13.4. The fourth-order valence-corrected chi connectivity index (χ4v) is 3.32. The maximum absolute atomic E-state index is 12.9. The van der Waals surface area contributed by atoms with Crippen LogP contribution < -0.4 is 4.90 Å². The third-order valence-corrected chi connectivity index (χ3v) is 4.60. The molecular formula is C18H11BrCl2N2O3. The van der Waals surface area contributed by atoms with E-state index in [9.17, 15) is 14.4 Å². The molecule has 1 saturated heterocycles. The minimum absolute atomic E-state index is 0.0408. The maximum atomic E-state index is 12.9. The van der Waals surface area contributed by atoms with Crippen LogP contribution in [0.15, 0.2) is 52.6 Å². The average molecular weight is 454 g/mol. The van der Waals surface area contributed by atoms with Crippen molar-refractivity contribution < 1.29 is 14.4 Å². The van der Waals surface area contributed by atoms with Crippen molar-refractivity contribution >= 4 is 68.7 Å². The number of hydrogen-bond donors (Lipinski definition) is 0. The van der Waals surface area contributed by atoms with E-state index in [1.807, 2.05) is 0 Å². The van der Waals surface area contributed by atoms with E-state index in [2.05, 4.69) is 15.9 Å². The molecule has 0 radical (unpaired) electrons. The lowest BCUT2D eigenvalue weighted by molar-refractivity contribution is -0.125. The number of anilines is 1. The number of halogens is 3. The van der Waals surface area contributed by atoms with Crippen LogP contribution in [0.1, 0.15) is 12.5 Å². The van der Waals surface area contributed by atoms with Gasteiger partial charge in [0.25, 0.3) is 5.91 Å². The molecule has 0 atom stereocenters. The van der Waals surface area contributed by atoms with E-state index in [1.165, 1.54) is 31.2 Å². The summed E-state index contributed by atoms with van der Waals surface area (Å²) in [6, 6.07) is 10.7. The van der Waals surface area contributed by atoms with E-state index in [0.717, 1.165) is 14.3 Å². The lowest BCUT2D eigenvalue weighted by Gasteiger charge is -2.14. The topological polar surface area (TPSA) is 57.7 Å². The first kappa shape index (κ1) is 18.6. The molecule has 8 heteroatoms. The van der Waals surface area contributed by atoms with Crippen molar-refractivity contribution in [3.8, 4) is 0 Å². The van der Waals surface area contributed by atoms with Gasteiger partial charge in [0.2, 0.25) is 5.91 Å². The molecule has 1 aliphatic rings. The summed E-state index contributed by atoms with van der Waals surface area (Å²) in [5.74, 6) is -1.20. The summed E-state index contributed by atoms with van der Waals surface area (Å²) in [5.41, 5.74) is 0.824. The molecule has 0 bridgehead atoms. The maximum Gasteiger partial charge on any atom is 0.343 e. The van der Waals surface area contributed by atoms with Crippen LogP contribution in [-0.2, 0) is 9.59 Å². The molecule has 0 N–H and O–H groups in total. The number of carbonyl (C=O) groups is 3. The summed E-state index contributed by atoms with van der Waals surface area (Å²) < 4.78 is 0.868. The van der Waals surface area contributed by atoms with Crippen molar-refractivity contribution in [2.24, 2.45) is 0 Å². The first-order chi connectivity index (χ1) is 12.3. The zero-order chi connectivity index (χ0) is 19.0. The molecule has 0 aromatic heterocycles. The molecule has 132 valence electrons. The highest BCUT2D eigenvalue weighted by Gasteiger charge is 2.44. The molecule has 2 aromatic carbocycles. The summed E-state index contributed by atoms with van der Waals surface area (Å²) in [7, 11) is 0. The van der Waals surface area contributed by atoms with Crippen LogP contribution in [-0.4, -0.2) is 22.7 Å². The van der Waals surface area contributed by atoms with E-state index >= 15 is 0 Å². The van der Waals surface area contributed by atoms with E-state index in [4.69, 9.17) is 23.2 Å². The quantitative estimate of drug-likeness (QED) is 0.468. The second-order valence-corrected chi connectivity index (χ2v) is 7.27. The van der Waals surface area contributed by atoms with Crippen LogP contribution in [0.4, 0.5) is 10.5 Å². The Morgan fingerprint density at radius 2 is 1.62 bits per heavy atom. The third-order valence-electron chi connectivity index (χ3n) is 3.64. The summed E-state index contributed by atoms with van der Waals surface area (Å²) >= 11 is 15.3. The van der Waals surface area contributed by atoms with E-state index < -0.39 is 17.8 Å². The molecule has 4 amide bonds. The predicted molar refractivity (Wildman–Crippen MR) is 104 cm³/mol. The van der Waals surface area contributed by atoms with Crippen LogP contribution in [0.2, 0.25) is 10.0 Å². The van der Waals surface area contributed by atoms with Gasteiger partial charge < -0.3 is 0 Å². The van der Waals surface area contributed by atoms with Gasteiger partial charge in [-0.15, -0.1) is 0 Å². The Labute approximate surface area is 167 Å². The van der Waals surface area contributed by atoms with Gasteiger partial charge >= 0.3 is 6.03 Å². The SMILES string of the molecule is CC(=O)N1C(=O)N(c2cc(Cl)cc(Cl)c2)C(=O)/C1=C/c1ccc(Br)cc1. The Morgan fingerprint density at radius 3 is 2.15 bits per heavy atom. The largest absolute Gasteiger partial charge is 0.343 e. The van der Waals surface area contributed by atoms with Gasteiger partial charge in [0.05, 0.1) is 5.69 Å². The number of rotatable bonds is 2. The molecule has 26 heavy (non-hydrogen) atoms. The number of hydrogen-bond acceptors (Lipinski definition) is 3. The smallest absolute Gasteiger partial charge is 0.274 e. The van der Waals surface area contributed by atoms with Crippen molar-refractivity contribution in [1.82, 2.24) is 4.90 Å². The molecule has 0 saturated carbocycles. The number of urea groups is 1. The highest BCUT2D eigenvalue weighted by atomic mass is 79.9. The van der Waals surface area contributed by atoms with Crippen LogP contribution >= 0.6 is 39.1 Å². The monoisotopic (exact) mass is 452 g/mol. The van der Waals surface area contributed by atoms with Crippen molar-refractivity contribution in [2.75, 3.05) is 4.90 Å². The van der Waals surface area contributed by atoms with Gasteiger partial charge in [-0.2, -0.15) is 0 Å². The van der Waals surface area contributed by atoms with Gasteiger partial charge in [-0.3, -0.25) is 9.59 Å². The molecule has 1 aliphatic heterocycles. The molecule has 0 spiro atoms. The lowest BCUT2D eigenvalue weighted by Crippen LogP contribution is -2.35. The number of nitrogens with zero attached hydrogens (tertiary/aromatic N) is 2. The first-order valence-corrected chi connectivity index (χ1v) is 8.95. The molecule has 1 heterocycles. The minimum atomic E-state index is -0.774. The van der Waals surface area contributed by atoms with E-state index in [-0.39, 0.29) is 21.4 Å². The second kappa shape index (κ2) is 7.23. The van der Waals surface area contributed by atoms with Crippen LogP contribution in [0.5, 0.6) is 0 Å². The summed E-state index contributed by atoms with van der Waals surface area (Å²) in [6.07, 6.45) is 1.49. The molecule has 3 rings (SSSR count). The zero-order valence-corrected chi connectivity index (χ0v) is 16.5. The number of benzene rings is 2. The predicted octanol–water partition coefficient (Wildman–Crippen LogP) is 5.11. The van der Waals surface area contributed by atoms with Crippen LogP contribution in [0.25, 0.3) is 6.08 Å². The van der Waals surface area contributed by atoms with Gasteiger partial charge in [-0.25, -0.2) is 14.6 Å². The molecule has 5 nitrogen and oxygen atoms in total. The van der Waals surface area contributed by atoms with Gasteiger partial charge in [0.15, 0.2) is 0 Å². The van der Waals surface area contributed by atoms with Crippen LogP contribution in [0.3, 0.4) is 0 Å². The lowest BCUT2D eigenvalue weighted by atomic mass is 10.2. The van der Waals surface area contributed by atoms with Crippen molar-refractivity contribution in [3.05, 3.63) is 68.2 Å². The van der Waals surface area contributed by atoms with E-state index in [1.54, 1.807) is 24.3 Å². The van der Waals surface area contributed by atoms with Gasteiger partial charge in [0.1, 0.15) is 5.70 Å². The van der Waals surface area contributed by atoms with E-state index in [0.29, 0.717) is 5.56 Å². The van der Waals surface area contributed by atoms with Gasteiger partial charge in [-0.05, 0) is 42.0 Å².